The third kappa shape index (κ3) is 6.07. The molecule has 0 N–H and O–H groups in total. The molecule has 51 heavy (non-hydrogen) atoms. The minimum absolute atomic E-state index is 0.0590. The van der Waals surface area contributed by atoms with Crippen molar-refractivity contribution in [2.24, 2.45) is 0 Å². The molecule has 0 aromatic heterocycles. The predicted molar refractivity (Wildman–Crippen MR) is 202 cm³/mol. The van der Waals surface area contributed by atoms with Gasteiger partial charge in [0.25, 0.3) is 0 Å². The summed E-state index contributed by atoms with van der Waals surface area (Å²) in [5.74, 6) is 0.389. The molecule has 0 aliphatic heterocycles. The van der Waals surface area contributed by atoms with E-state index in [1.165, 1.54) is 24.3 Å². The lowest BCUT2D eigenvalue weighted by Crippen LogP contribution is -2.29. The number of allylic oxidation sites excluding steroid dienone is 2. The minimum Gasteiger partial charge on any atom is -0.378 e. The van der Waals surface area contributed by atoms with Gasteiger partial charge in [-0.15, -0.1) is 0 Å². The van der Waals surface area contributed by atoms with Crippen LogP contribution in [0, 0.1) is 0 Å². The summed E-state index contributed by atoms with van der Waals surface area (Å²) in [6, 6.07) is 43.7. The monoisotopic (exact) mass is 710 g/mol. The molecular weight excluding hydrogens is 677 g/mol. The van der Waals surface area contributed by atoms with Crippen LogP contribution in [0.5, 0.6) is 11.5 Å². The molecule has 6 aromatic rings. The molecule has 6 aromatic carbocycles. The normalized spacial score (nSPS) is 13.6. The largest absolute Gasteiger partial charge is 0.378 e. The summed E-state index contributed by atoms with van der Waals surface area (Å²) in [5, 5.41) is 0. The third-order valence-corrected chi connectivity index (χ3v) is 11.5. The average Bonchev–Trinajstić information content (AvgIpc) is 3.45. The van der Waals surface area contributed by atoms with Crippen LogP contribution in [0.15, 0.2) is 168 Å². The molecule has 0 unspecified atom stereocenters. The molecule has 7 rings (SSSR count). The highest BCUT2D eigenvalue weighted by molar-refractivity contribution is 7.87. The van der Waals surface area contributed by atoms with E-state index < -0.39 is 25.7 Å². The van der Waals surface area contributed by atoms with Crippen LogP contribution in [0.1, 0.15) is 47.2 Å². The Morgan fingerprint density at radius 3 is 1.24 bits per heavy atom. The summed E-state index contributed by atoms with van der Waals surface area (Å²) < 4.78 is 64.8. The van der Waals surface area contributed by atoms with Crippen LogP contribution >= 0.6 is 0 Å². The van der Waals surface area contributed by atoms with E-state index in [1.807, 2.05) is 86.7 Å². The lowest BCUT2D eigenvalue weighted by molar-refractivity contribution is 0.483. The van der Waals surface area contributed by atoms with Gasteiger partial charge in [0.2, 0.25) is 0 Å². The first-order valence-corrected chi connectivity index (χ1v) is 19.2. The number of benzene rings is 6. The fourth-order valence-electron chi connectivity index (χ4n) is 6.87. The Balaban J connectivity index is 1.45. The van der Waals surface area contributed by atoms with Crippen molar-refractivity contribution in [1.29, 1.82) is 0 Å². The van der Waals surface area contributed by atoms with Gasteiger partial charge in [-0.05, 0) is 95.8 Å². The van der Waals surface area contributed by atoms with Gasteiger partial charge in [0.15, 0.2) is 0 Å². The van der Waals surface area contributed by atoms with Crippen LogP contribution in [0.4, 0.5) is 0 Å². The van der Waals surface area contributed by atoms with E-state index in [9.17, 15) is 16.8 Å². The second-order valence-electron chi connectivity index (χ2n) is 12.0. The Kier molecular flexibility index (Phi) is 8.97. The first-order chi connectivity index (χ1) is 24.7. The van der Waals surface area contributed by atoms with Crippen molar-refractivity contribution in [3.8, 4) is 22.6 Å². The standard InChI is InChI=1S/C43H34O6S2/c1-3-15-31-29-33(25-27-41(31)48-50(44,45)35-17-7-5-8-18-35)43(39-23-13-11-21-37(39)38-22-12-14-24-40(38)43)34-26-28-42(32(30-34)16-4-2)49-51(46,47)36-19-9-6-10-20-36/h3-30H,1-2H3/b15-3-,16-4-. The maximum Gasteiger partial charge on any atom is 0.339 e. The van der Waals surface area contributed by atoms with Crippen LogP contribution in [-0.2, 0) is 25.7 Å². The number of hydrogen-bond acceptors (Lipinski definition) is 6. The van der Waals surface area contributed by atoms with Gasteiger partial charge in [0.1, 0.15) is 21.3 Å². The van der Waals surface area contributed by atoms with Gasteiger partial charge < -0.3 is 8.37 Å². The van der Waals surface area contributed by atoms with Crippen molar-refractivity contribution in [2.45, 2.75) is 29.1 Å². The summed E-state index contributed by atoms with van der Waals surface area (Å²) in [6.45, 7) is 3.73. The highest BCUT2D eigenvalue weighted by Crippen LogP contribution is 2.57. The lowest BCUT2D eigenvalue weighted by Gasteiger charge is -2.34. The topological polar surface area (TPSA) is 86.7 Å². The summed E-state index contributed by atoms with van der Waals surface area (Å²) in [7, 11) is -8.21. The van der Waals surface area contributed by atoms with Gasteiger partial charge in [0.05, 0.1) is 5.41 Å². The third-order valence-electron chi connectivity index (χ3n) is 8.99. The number of fused-ring (bicyclic) bond motifs is 3. The molecule has 0 atom stereocenters. The molecule has 0 saturated heterocycles. The van der Waals surface area contributed by atoms with Crippen molar-refractivity contribution >= 4 is 32.4 Å². The maximum absolute atomic E-state index is 13.3. The van der Waals surface area contributed by atoms with Gasteiger partial charge in [-0.25, -0.2) is 0 Å². The summed E-state index contributed by atoms with van der Waals surface area (Å²) in [6.07, 6.45) is 7.34. The second kappa shape index (κ2) is 13.5. The highest BCUT2D eigenvalue weighted by Gasteiger charge is 2.46. The molecule has 0 amide bonds. The van der Waals surface area contributed by atoms with E-state index in [0.717, 1.165) is 33.4 Å². The van der Waals surface area contributed by atoms with Crippen LogP contribution < -0.4 is 8.37 Å². The van der Waals surface area contributed by atoms with Gasteiger partial charge >= 0.3 is 20.2 Å². The van der Waals surface area contributed by atoms with Gasteiger partial charge in [-0.3, -0.25) is 0 Å². The average molecular weight is 711 g/mol. The zero-order valence-corrected chi connectivity index (χ0v) is 29.6. The first kappa shape index (κ1) is 33.8. The molecule has 0 bridgehead atoms. The van der Waals surface area contributed by atoms with E-state index in [4.69, 9.17) is 8.37 Å². The molecule has 0 heterocycles. The van der Waals surface area contributed by atoms with Gasteiger partial charge in [-0.1, -0.05) is 121 Å². The SMILES string of the molecule is C/C=C\c1cc(C2(c3ccc(OS(=O)(=O)c4ccccc4)c(/C=C\C)c3)c3ccccc3-c3ccccc32)ccc1OS(=O)(=O)c1ccccc1. The Labute approximate surface area is 299 Å². The smallest absolute Gasteiger partial charge is 0.339 e. The van der Waals surface area contributed by atoms with Crippen LogP contribution in [0.2, 0.25) is 0 Å². The van der Waals surface area contributed by atoms with Crippen LogP contribution in [-0.4, -0.2) is 16.8 Å². The summed E-state index contributed by atoms with van der Waals surface area (Å²) in [5.41, 5.74) is 6.20. The van der Waals surface area contributed by atoms with Crippen molar-refractivity contribution < 1.29 is 25.2 Å². The predicted octanol–water partition coefficient (Wildman–Crippen LogP) is 9.65. The lowest BCUT2D eigenvalue weighted by atomic mass is 9.67. The maximum atomic E-state index is 13.3. The van der Waals surface area contributed by atoms with E-state index in [1.54, 1.807) is 48.5 Å². The van der Waals surface area contributed by atoms with E-state index in [-0.39, 0.29) is 21.3 Å². The molecule has 8 heteroatoms. The Morgan fingerprint density at radius 2 is 0.843 bits per heavy atom. The van der Waals surface area contributed by atoms with Crippen molar-refractivity contribution in [2.75, 3.05) is 0 Å². The quantitative estimate of drug-likeness (QED) is 0.131. The van der Waals surface area contributed by atoms with Crippen LogP contribution in [0.3, 0.4) is 0 Å². The second-order valence-corrected chi connectivity index (χ2v) is 15.1. The van der Waals surface area contributed by atoms with Crippen molar-refractivity contribution in [3.05, 3.63) is 191 Å². The van der Waals surface area contributed by atoms with Crippen molar-refractivity contribution in [3.63, 3.8) is 0 Å². The fourth-order valence-corrected chi connectivity index (χ4v) is 8.82. The Bertz CT molecular complexity index is 2340. The molecule has 0 fully saturated rings. The molecule has 6 nitrogen and oxygen atoms in total. The van der Waals surface area contributed by atoms with Crippen molar-refractivity contribution in [1.82, 2.24) is 0 Å². The minimum atomic E-state index is -4.11. The molecule has 0 saturated carbocycles. The Morgan fingerprint density at radius 1 is 0.471 bits per heavy atom. The van der Waals surface area contributed by atoms with Crippen LogP contribution in [0.25, 0.3) is 23.3 Å². The molecule has 1 aliphatic rings. The summed E-state index contributed by atoms with van der Waals surface area (Å²) >= 11 is 0. The first-order valence-electron chi connectivity index (χ1n) is 16.4. The zero-order chi connectivity index (χ0) is 35.6. The van der Waals surface area contributed by atoms with Gasteiger partial charge in [-0.2, -0.15) is 16.8 Å². The van der Waals surface area contributed by atoms with E-state index in [0.29, 0.717) is 11.1 Å². The summed E-state index contributed by atoms with van der Waals surface area (Å²) in [4.78, 5) is 0.118. The Hall–Kier alpha value is -5.70. The highest BCUT2D eigenvalue weighted by atomic mass is 32.2. The number of rotatable bonds is 10. The molecular formula is C43H34O6S2. The molecule has 0 radical (unpaired) electrons. The zero-order valence-electron chi connectivity index (χ0n) is 27.9. The molecule has 254 valence electrons. The number of hydrogen-bond donors (Lipinski definition) is 0. The fraction of sp³-hybridized carbons (Fsp3) is 0.0698. The van der Waals surface area contributed by atoms with E-state index >= 15 is 0 Å². The van der Waals surface area contributed by atoms with E-state index in [2.05, 4.69) is 24.3 Å². The molecule has 0 spiro atoms. The molecule has 1 aliphatic carbocycles. The van der Waals surface area contributed by atoms with Gasteiger partial charge in [0, 0.05) is 11.1 Å².